The molecule has 10 heteroatoms. The highest BCUT2D eigenvalue weighted by molar-refractivity contribution is 7.19. The van der Waals surface area contributed by atoms with Crippen LogP contribution in [0, 0.1) is 23.3 Å². The third kappa shape index (κ3) is 11.3. The van der Waals surface area contributed by atoms with Crippen molar-refractivity contribution in [3.8, 4) is 0 Å². The molecule has 0 unspecified atom stereocenters. The Balaban J connectivity index is 0.000000244. The predicted octanol–water partition coefficient (Wildman–Crippen LogP) is 10.9. The average Bonchev–Trinajstić information content (AvgIpc) is 3.23. The second-order valence-corrected chi connectivity index (χ2v) is 18.1. The molecule has 0 heterocycles. The summed E-state index contributed by atoms with van der Waals surface area (Å²) in [6.07, 6.45) is -2.25. The topological polar surface area (TPSA) is 42.7 Å². The average molecular weight is 870 g/mol. The molecule has 0 saturated carbocycles. The molecule has 0 amide bonds. The van der Waals surface area contributed by atoms with Crippen LogP contribution in [0.4, 0.5) is 28.9 Å². The Hall–Kier alpha value is -6.16. The molecular weight excluding hydrogens is 805 g/mol. The molecule has 0 radical (unpaired) electrons. The number of para-hydroxylation sites is 2. The van der Waals surface area contributed by atoms with Gasteiger partial charge in [0.25, 0.3) is 5.96 Å². The summed E-state index contributed by atoms with van der Waals surface area (Å²) in [5, 5.41) is 7.53. The first-order valence-electron chi connectivity index (χ1n) is 22.1. The van der Waals surface area contributed by atoms with E-state index in [0.29, 0.717) is 45.5 Å². The smallest absolute Gasteiger partial charge is 0.311 e. The first-order chi connectivity index (χ1) is 30.3. The van der Waals surface area contributed by atoms with Gasteiger partial charge in [0.15, 0.2) is 0 Å². The lowest BCUT2D eigenvalue weighted by molar-refractivity contribution is -0.470. The van der Waals surface area contributed by atoms with Gasteiger partial charge in [-0.1, -0.05) is 165 Å². The molecule has 0 aliphatic rings. The van der Waals surface area contributed by atoms with Crippen LogP contribution in [-0.2, 0) is 0 Å². The fourth-order valence-corrected chi connectivity index (χ4v) is 8.67. The number of rotatable bonds is 10. The van der Waals surface area contributed by atoms with Crippen molar-refractivity contribution in [3.05, 3.63) is 179 Å². The molecule has 6 aromatic rings. The highest BCUT2D eigenvalue weighted by atomic mass is 19.1. The van der Waals surface area contributed by atoms with E-state index in [0.717, 1.165) is 23.3 Å². The van der Waals surface area contributed by atoms with Gasteiger partial charge in [0, 0.05) is 11.4 Å². The summed E-state index contributed by atoms with van der Waals surface area (Å²) >= 11 is 0. The van der Waals surface area contributed by atoms with Gasteiger partial charge < -0.3 is 10.6 Å². The van der Waals surface area contributed by atoms with Crippen molar-refractivity contribution < 1.29 is 22.1 Å². The number of nitrogens with zero attached hydrogens (tertiary/aromatic N) is 3. The molecule has 5 nitrogen and oxygen atoms in total. The summed E-state index contributed by atoms with van der Waals surface area (Å²) in [6.45, 7) is 18.0. The van der Waals surface area contributed by atoms with Gasteiger partial charge in [0.2, 0.25) is 0 Å². The molecular formula is C54H64BF4N5. The van der Waals surface area contributed by atoms with Crippen LogP contribution >= 0.6 is 0 Å². The van der Waals surface area contributed by atoms with Crippen molar-refractivity contribution in [2.75, 3.05) is 38.8 Å². The van der Waals surface area contributed by atoms with Crippen LogP contribution in [0.3, 0.4) is 0 Å². The Morgan fingerprint density at radius 3 is 0.953 bits per heavy atom. The maximum atomic E-state index is 14.3. The maximum absolute atomic E-state index is 14.3. The molecule has 6 aromatic carbocycles. The van der Waals surface area contributed by atoms with E-state index in [2.05, 4.69) is 102 Å². The van der Waals surface area contributed by atoms with E-state index in [1.807, 2.05) is 37.7 Å². The lowest BCUT2D eigenvalue weighted by Gasteiger charge is -2.44. The Morgan fingerprint density at radius 2 is 0.734 bits per heavy atom. The van der Waals surface area contributed by atoms with Gasteiger partial charge in [0.05, 0.1) is 28.2 Å². The van der Waals surface area contributed by atoms with Crippen molar-refractivity contribution in [3.63, 3.8) is 0 Å². The number of benzene rings is 6. The first-order valence-corrected chi connectivity index (χ1v) is 22.1. The van der Waals surface area contributed by atoms with Gasteiger partial charge in [-0.2, -0.15) is 21.9 Å². The molecule has 0 aromatic heterocycles. The van der Waals surface area contributed by atoms with Crippen molar-refractivity contribution in [1.82, 2.24) is 4.90 Å². The Labute approximate surface area is 378 Å². The number of guanidine groups is 2. The van der Waals surface area contributed by atoms with E-state index in [1.165, 1.54) is 70.8 Å². The van der Waals surface area contributed by atoms with E-state index >= 15 is 0 Å². The van der Waals surface area contributed by atoms with E-state index in [9.17, 15) is 17.6 Å². The van der Waals surface area contributed by atoms with Crippen LogP contribution < -0.4 is 32.5 Å². The van der Waals surface area contributed by atoms with Gasteiger partial charge in [0.1, 0.15) is 29.4 Å². The molecule has 0 spiro atoms. The van der Waals surface area contributed by atoms with Gasteiger partial charge in [-0.15, -0.1) is 0 Å². The molecule has 0 fully saturated rings. The van der Waals surface area contributed by atoms with Gasteiger partial charge in [-0.05, 0) is 75.2 Å². The summed E-state index contributed by atoms with van der Waals surface area (Å²) in [5.41, 5.74) is 9.44. The number of halogens is 4. The summed E-state index contributed by atoms with van der Waals surface area (Å²) < 4.78 is 59.1. The van der Waals surface area contributed by atoms with Crippen molar-refractivity contribution in [1.29, 1.82) is 0 Å². The van der Waals surface area contributed by atoms with Crippen LogP contribution in [0.15, 0.2) is 138 Å². The van der Waals surface area contributed by atoms with Crippen molar-refractivity contribution in [2.24, 2.45) is 4.99 Å². The quantitative estimate of drug-likeness (QED) is 0.0474. The minimum atomic E-state index is -2.25. The lowest BCUT2D eigenvalue weighted by Crippen LogP contribution is -2.75. The predicted molar refractivity (Wildman–Crippen MR) is 265 cm³/mol. The molecule has 0 atom stereocenters. The molecule has 6 rings (SSSR count). The molecule has 0 aliphatic heterocycles. The zero-order chi connectivity index (χ0) is 46.9. The monoisotopic (exact) mass is 870 g/mol. The Morgan fingerprint density at radius 1 is 0.469 bits per heavy atom. The Bertz CT molecular complexity index is 2290. The normalized spacial score (nSPS) is 11.4. The van der Waals surface area contributed by atoms with Crippen molar-refractivity contribution in [2.45, 2.75) is 79.1 Å². The minimum Gasteiger partial charge on any atom is -0.311 e. The standard InChI is InChI=1S/C30H47N5.C24H16BF4/c1-19(2)23-15-13-16-24(20(3)4)27(23)31-29(33-30(34(9)10)35(11)12)32-28-25(21(5)6)17-14-18-26(28)22(7)8;26-21-9-1-5-17(13-21)25(18-6-2-10-22(27)14-18,19-7-3-11-23(28)15-19)20-8-4-12-24(29)16-20/h13-22H,1-12H3,(H,31,32);1-16H/q;-1/p+1. The molecule has 2 N–H and O–H groups in total. The lowest BCUT2D eigenvalue weighted by atomic mass is 9.13. The van der Waals surface area contributed by atoms with Gasteiger partial charge in [-0.25, -0.2) is 17.6 Å². The van der Waals surface area contributed by atoms with Gasteiger partial charge >= 0.3 is 5.96 Å². The second-order valence-electron chi connectivity index (χ2n) is 18.1. The number of anilines is 2. The highest BCUT2D eigenvalue weighted by Gasteiger charge is 2.33. The second kappa shape index (κ2) is 21.5. The van der Waals surface area contributed by atoms with Crippen LogP contribution in [0.1, 0.15) is 101 Å². The number of hydrogen-bond donors (Lipinski definition) is 2. The van der Waals surface area contributed by atoms with Crippen LogP contribution in [-0.4, -0.2) is 55.7 Å². The fraction of sp³-hybridized carbons (Fsp3) is 0.296. The van der Waals surface area contributed by atoms with Crippen LogP contribution in [0.2, 0.25) is 0 Å². The number of aliphatic imine (C=N–C) groups is 1. The zero-order valence-electron chi connectivity index (χ0n) is 39.4. The zero-order valence-corrected chi connectivity index (χ0v) is 39.4. The molecule has 0 aliphatic carbocycles. The summed E-state index contributed by atoms with van der Waals surface area (Å²) in [4.78, 5) is 7.17. The highest BCUT2D eigenvalue weighted by Crippen LogP contribution is 2.35. The summed E-state index contributed by atoms with van der Waals surface area (Å²) in [6, 6.07) is 36.7. The third-order valence-corrected chi connectivity index (χ3v) is 11.6. The van der Waals surface area contributed by atoms with E-state index in [4.69, 9.17) is 4.99 Å². The van der Waals surface area contributed by atoms with Crippen LogP contribution in [0.5, 0.6) is 0 Å². The summed E-state index contributed by atoms with van der Waals surface area (Å²) in [7, 11) is 8.11. The summed E-state index contributed by atoms with van der Waals surface area (Å²) in [5.74, 6) is 1.19. The minimum absolute atomic E-state index is 0.387. The number of nitrogens with one attached hydrogen (secondary N) is 2. The largest absolute Gasteiger partial charge is 0.392 e. The first kappa shape index (κ1) is 48.9. The van der Waals surface area contributed by atoms with Gasteiger partial charge in [-0.3, -0.25) is 9.48 Å². The molecule has 64 heavy (non-hydrogen) atoms. The molecule has 0 saturated heterocycles. The SMILES string of the molecule is CC(C)c1cccc(C(C)C)c1NC(=NC(N(C)C)=[N+](C)C)Nc1c(C(C)C)cccc1C(C)C.Fc1cccc([B-](c2cccc(F)c2)(c2cccc(F)c2)c2cccc(F)c2)c1. The third-order valence-electron chi connectivity index (χ3n) is 11.6. The van der Waals surface area contributed by atoms with E-state index in [-0.39, 0.29) is 0 Å². The van der Waals surface area contributed by atoms with Crippen LogP contribution in [0.25, 0.3) is 0 Å². The van der Waals surface area contributed by atoms with E-state index < -0.39 is 29.4 Å². The van der Waals surface area contributed by atoms with E-state index in [1.54, 1.807) is 48.5 Å². The fourth-order valence-electron chi connectivity index (χ4n) is 8.67. The maximum Gasteiger partial charge on any atom is 0.392 e. The molecule has 0 bridgehead atoms. The Kier molecular flexibility index (Phi) is 16.4. The van der Waals surface area contributed by atoms with Crippen molar-refractivity contribution >= 4 is 51.3 Å². The molecule has 336 valence electrons. The number of hydrogen-bond acceptors (Lipinski definition) is 0.